The van der Waals surface area contributed by atoms with Crippen LogP contribution >= 0.6 is 0 Å². The Bertz CT molecular complexity index is 965. The second-order valence-corrected chi connectivity index (χ2v) is 8.02. The quantitative estimate of drug-likeness (QED) is 0.794. The molecular weight excluding hydrogens is 380 g/mol. The lowest BCUT2D eigenvalue weighted by molar-refractivity contribution is -0.131. The highest BCUT2D eigenvalue weighted by Crippen LogP contribution is 2.36. The van der Waals surface area contributed by atoms with E-state index in [9.17, 15) is 4.79 Å². The van der Waals surface area contributed by atoms with E-state index in [0.29, 0.717) is 30.7 Å². The summed E-state index contributed by atoms with van der Waals surface area (Å²) in [6.07, 6.45) is 3.99. The number of ether oxygens (including phenoxy) is 2. The number of aryl methyl sites for hydroxylation is 1. The van der Waals surface area contributed by atoms with E-state index in [2.05, 4.69) is 21.3 Å². The van der Waals surface area contributed by atoms with E-state index in [4.69, 9.17) is 14.7 Å². The molecule has 7 heteroatoms. The lowest BCUT2D eigenvalue weighted by Gasteiger charge is -2.35. The molecule has 1 saturated heterocycles. The van der Waals surface area contributed by atoms with Crippen molar-refractivity contribution in [2.45, 2.75) is 38.3 Å². The first-order valence-corrected chi connectivity index (χ1v) is 10.3. The third kappa shape index (κ3) is 4.33. The smallest absolute Gasteiger partial charge is 0.223 e. The highest BCUT2D eigenvalue weighted by Gasteiger charge is 2.38. The number of rotatable bonds is 6. The van der Waals surface area contributed by atoms with Crippen LogP contribution in [0.5, 0.6) is 11.5 Å². The average Bonchev–Trinajstić information content (AvgIpc) is 3.19. The van der Waals surface area contributed by atoms with Gasteiger partial charge in [0.2, 0.25) is 5.91 Å². The van der Waals surface area contributed by atoms with Crippen LogP contribution in [-0.4, -0.2) is 43.2 Å². The van der Waals surface area contributed by atoms with Gasteiger partial charge in [-0.3, -0.25) is 4.79 Å². The number of anilines is 1. The Morgan fingerprint density at radius 1 is 1.27 bits per heavy atom. The molecule has 1 unspecified atom stereocenters. The van der Waals surface area contributed by atoms with Crippen molar-refractivity contribution in [2.75, 3.05) is 25.1 Å². The maximum absolute atomic E-state index is 12.6. The van der Waals surface area contributed by atoms with Gasteiger partial charge in [0.25, 0.3) is 0 Å². The Hall–Kier alpha value is -3.27. The summed E-state index contributed by atoms with van der Waals surface area (Å²) in [5.74, 6) is 2.32. The zero-order chi connectivity index (χ0) is 21.1. The number of benzene rings is 1. The fourth-order valence-corrected chi connectivity index (χ4v) is 4.00. The van der Waals surface area contributed by atoms with E-state index >= 15 is 0 Å². The van der Waals surface area contributed by atoms with E-state index < -0.39 is 0 Å². The first-order valence-electron chi connectivity index (χ1n) is 10.3. The zero-order valence-electron chi connectivity index (χ0n) is 17.3. The highest BCUT2D eigenvalue weighted by molar-refractivity contribution is 5.80. The maximum atomic E-state index is 12.6. The monoisotopic (exact) mass is 406 g/mol. The van der Waals surface area contributed by atoms with Gasteiger partial charge in [-0.2, -0.15) is 5.26 Å². The molecule has 0 radical (unpaired) electrons. The van der Waals surface area contributed by atoms with Gasteiger partial charge in [0.05, 0.1) is 18.7 Å². The van der Waals surface area contributed by atoms with Crippen molar-refractivity contribution in [1.82, 2.24) is 10.3 Å². The average molecular weight is 406 g/mol. The second-order valence-electron chi connectivity index (χ2n) is 8.02. The SMILES string of the molecule is COc1ccc(C)cc1OC1CC(C(=O)NC2CCN(c3cc(C#N)ccn3)C2)C1. The Balaban J connectivity index is 1.25. The van der Waals surface area contributed by atoms with Crippen molar-refractivity contribution < 1.29 is 14.3 Å². The lowest BCUT2D eigenvalue weighted by Crippen LogP contribution is -2.47. The van der Waals surface area contributed by atoms with Crippen molar-refractivity contribution >= 4 is 11.7 Å². The summed E-state index contributed by atoms with van der Waals surface area (Å²) in [7, 11) is 1.63. The minimum absolute atomic E-state index is 0.0140. The molecule has 2 aromatic rings. The number of nitriles is 1. The van der Waals surface area contributed by atoms with Gasteiger partial charge < -0.3 is 19.7 Å². The van der Waals surface area contributed by atoms with Crippen LogP contribution in [0, 0.1) is 24.2 Å². The summed E-state index contributed by atoms with van der Waals surface area (Å²) in [4.78, 5) is 19.1. The largest absolute Gasteiger partial charge is 0.493 e. The van der Waals surface area contributed by atoms with Gasteiger partial charge in [-0.15, -0.1) is 0 Å². The molecule has 0 spiro atoms. The molecule has 156 valence electrons. The molecule has 1 aromatic carbocycles. The third-order valence-electron chi connectivity index (χ3n) is 5.81. The minimum Gasteiger partial charge on any atom is -0.493 e. The van der Waals surface area contributed by atoms with Crippen LogP contribution in [0.4, 0.5) is 5.82 Å². The Morgan fingerprint density at radius 2 is 2.10 bits per heavy atom. The molecule has 1 aliphatic heterocycles. The number of pyridine rings is 1. The Kier molecular flexibility index (Phi) is 5.75. The molecule has 4 rings (SSSR count). The molecule has 1 amide bonds. The second kappa shape index (κ2) is 8.62. The molecule has 1 N–H and O–H groups in total. The molecule has 0 bridgehead atoms. The van der Waals surface area contributed by atoms with Crippen molar-refractivity contribution in [1.29, 1.82) is 5.26 Å². The maximum Gasteiger partial charge on any atom is 0.223 e. The van der Waals surface area contributed by atoms with Gasteiger partial charge in [0.15, 0.2) is 11.5 Å². The normalized spacial score (nSPS) is 22.7. The third-order valence-corrected chi connectivity index (χ3v) is 5.81. The van der Waals surface area contributed by atoms with Crippen LogP contribution in [0.1, 0.15) is 30.4 Å². The molecule has 1 aromatic heterocycles. The summed E-state index contributed by atoms with van der Waals surface area (Å²) in [5.41, 5.74) is 1.71. The van der Waals surface area contributed by atoms with E-state index in [1.54, 1.807) is 25.4 Å². The fourth-order valence-electron chi connectivity index (χ4n) is 4.00. The molecule has 1 atom stereocenters. The van der Waals surface area contributed by atoms with Crippen molar-refractivity contribution in [3.05, 3.63) is 47.7 Å². The fraction of sp³-hybridized carbons (Fsp3) is 0.435. The summed E-state index contributed by atoms with van der Waals surface area (Å²) < 4.78 is 11.4. The molecule has 2 aliphatic rings. The first kappa shape index (κ1) is 20.0. The molecule has 2 heterocycles. The van der Waals surface area contributed by atoms with E-state index in [1.807, 2.05) is 25.1 Å². The van der Waals surface area contributed by atoms with Crippen LogP contribution < -0.4 is 19.7 Å². The number of hydrogen-bond donors (Lipinski definition) is 1. The van der Waals surface area contributed by atoms with Crippen molar-refractivity contribution in [3.63, 3.8) is 0 Å². The summed E-state index contributed by atoms with van der Waals surface area (Å²) >= 11 is 0. The van der Waals surface area contributed by atoms with Gasteiger partial charge in [0.1, 0.15) is 11.9 Å². The van der Waals surface area contributed by atoms with E-state index in [0.717, 1.165) is 30.1 Å². The summed E-state index contributed by atoms with van der Waals surface area (Å²) in [6, 6.07) is 11.6. The first-order chi connectivity index (χ1) is 14.6. The van der Waals surface area contributed by atoms with Crippen LogP contribution in [0.25, 0.3) is 0 Å². The van der Waals surface area contributed by atoms with Gasteiger partial charge >= 0.3 is 0 Å². The zero-order valence-corrected chi connectivity index (χ0v) is 17.3. The van der Waals surface area contributed by atoms with Gasteiger partial charge in [-0.1, -0.05) is 6.07 Å². The lowest BCUT2D eigenvalue weighted by atomic mass is 9.81. The molecule has 1 aliphatic carbocycles. The Morgan fingerprint density at radius 3 is 2.87 bits per heavy atom. The summed E-state index contributed by atoms with van der Waals surface area (Å²) in [6.45, 7) is 3.54. The van der Waals surface area contributed by atoms with Gasteiger partial charge in [-0.25, -0.2) is 4.98 Å². The standard InChI is InChI=1S/C23H26N4O3/c1-15-3-4-20(29-2)21(9-15)30-19-11-17(12-19)23(28)26-18-6-8-27(14-18)22-10-16(13-24)5-7-25-22/h3-5,7,9-10,17-19H,6,8,11-12,14H2,1-2H3,(H,26,28). The topological polar surface area (TPSA) is 87.5 Å². The number of aromatic nitrogens is 1. The van der Waals surface area contributed by atoms with Crippen LogP contribution in [0.2, 0.25) is 0 Å². The number of amides is 1. The number of carbonyl (C=O) groups excluding carboxylic acids is 1. The van der Waals surface area contributed by atoms with Crippen LogP contribution in [0.3, 0.4) is 0 Å². The van der Waals surface area contributed by atoms with Gasteiger partial charge in [-0.05, 0) is 56.0 Å². The molecular formula is C23H26N4O3. The molecule has 1 saturated carbocycles. The van der Waals surface area contributed by atoms with Crippen molar-refractivity contribution in [2.24, 2.45) is 5.92 Å². The van der Waals surface area contributed by atoms with Crippen LogP contribution in [-0.2, 0) is 4.79 Å². The molecule has 7 nitrogen and oxygen atoms in total. The number of hydrogen-bond acceptors (Lipinski definition) is 6. The molecule has 30 heavy (non-hydrogen) atoms. The predicted molar refractivity (Wildman–Crippen MR) is 113 cm³/mol. The number of methoxy groups -OCH3 is 1. The number of nitrogens with zero attached hydrogens (tertiary/aromatic N) is 3. The van der Waals surface area contributed by atoms with Gasteiger partial charge in [0, 0.05) is 31.2 Å². The Labute approximate surface area is 176 Å². The number of carbonyl (C=O) groups is 1. The van der Waals surface area contributed by atoms with E-state index in [-0.39, 0.29) is 24.0 Å². The molecule has 2 fully saturated rings. The highest BCUT2D eigenvalue weighted by atomic mass is 16.5. The number of nitrogens with one attached hydrogen (secondary N) is 1. The predicted octanol–water partition coefficient (Wildman–Crippen LogP) is 2.82. The minimum atomic E-state index is -0.0140. The van der Waals surface area contributed by atoms with E-state index in [1.165, 1.54) is 0 Å². The summed E-state index contributed by atoms with van der Waals surface area (Å²) in [5, 5.41) is 12.2. The van der Waals surface area contributed by atoms with Crippen molar-refractivity contribution in [3.8, 4) is 17.6 Å². The van der Waals surface area contributed by atoms with Crippen LogP contribution in [0.15, 0.2) is 36.5 Å².